The van der Waals surface area contributed by atoms with E-state index in [0.717, 1.165) is 37.3 Å². The van der Waals surface area contributed by atoms with Gasteiger partial charge in [0, 0.05) is 31.7 Å². The predicted molar refractivity (Wildman–Crippen MR) is 80.8 cm³/mol. The number of benzene rings is 2. The summed E-state index contributed by atoms with van der Waals surface area (Å²) in [5.74, 6) is 0.0421. The van der Waals surface area contributed by atoms with E-state index < -0.39 is 0 Å². The fourth-order valence-electron chi connectivity index (χ4n) is 2.89. The average Bonchev–Trinajstić information content (AvgIpc) is 2.52. The summed E-state index contributed by atoms with van der Waals surface area (Å²) in [5, 5.41) is 13.5. The van der Waals surface area contributed by atoms with E-state index in [1.807, 2.05) is 18.2 Å². The average molecular weight is 286 g/mol. The lowest BCUT2D eigenvalue weighted by atomic mass is 9.95. The van der Waals surface area contributed by atoms with E-state index in [4.69, 9.17) is 0 Å². The van der Waals surface area contributed by atoms with E-state index >= 15 is 0 Å². The number of nitrogens with one attached hydrogen (secondary N) is 1. The quantitative estimate of drug-likeness (QED) is 0.910. The molecular formula is C17H19FN2O. The zero-order valence-corrected chi connectivity index (χ0v) is 11.8. The molecule has 0 radical (unpaired) electrons. The van der Waals surface area contributed by atoms with Crippen LogP contribution in [0.25, 0.3) is 0 Å². The minimum Gasteiger partial charge on any atom is -0.508 e. The Labute approximate surface area is 124 Å². The van der Waals surface area contributed by atoms with Crippen LogP contribution in [0.15, 0.2) is 48.5 Å². The molecule has 0 aliphatic carbocycles. The number of halogens is 1. The van der Waals surface area contributed by atoms with Crippen molar-refractivity contribution in [2.24, 2.45) is 0 Å². The molecule has 1 saturated heterocycles. The SMILES string of the molecule is Oc1ccccc1C(c1ccc(F)cc1)N1CCNCC1. The first kappa shape index (κ1) is 14.0. The lowest BCUT2D eigenvalue weighted by Crippen LogP contribution is -2.45. The number of para-hydroxylation sites is 1. The number of piperazine rings is 1. The highest BCUT2D eigenvalue weighted by molar-refractivity contribution is 5.41. The van der Waals surface area contributed by atoms with E-state index in [0.29, 0.717) is 0 Å². The fraction of sp³-hybridized carbons (Fsp3) is 0.294. The van der Waals surface area contributed by atoms with Crippen molar-refractivity contribution in [1.29, 1.82) is 0 Å². The Balaban J connectivity index is 2.01. The molecular weight excluding hydrogens is 267 g/mol. The zero-order chi connectivity index (χ0) is 14.7. The van der Waals surface area contributed by atoms with Crippen LogP contribution in [0.5, 0.6) is 5.75 Å². The summed E-state index contributed by atoms with van der Waals surface area (Å²) >= 11 is 0. The maximum atomic E-state index is 13.2. The van der Waals surface area contributed by atoms with Gasteiger partial charge in [0.05, 0.1) is 6.04 Å². The van der Waals surface area contributed by atoms with Gasteiger partial charge in [0.25, 0.3) is 0 Å². The number of nitrogens with zero attached hydrogens (tertiary/aromatic N) is 1. The van der Waals surface area contributed by atoms with Crippen LogP contribution < -0.4 is 5.32 Å². The second-order valence-electron chi connectivity index (χ2n) is 5.30. The standard InChI is InChI=1S/C17H19FN2O/c18-14-7-5-13(6-8-14)17(20-11-9-19-10-12-20)15-3-1-2-4-16(15)21/h1-8,17,19,21H,9-12H2. The Hall–Kier alpha value is -1.91. The van der Waals surface area contributed by atoms with Crippen molar-refractivity contribution in [1.82, 2.24) is 10.2 Å². The first-order chi connectivity index (χ1) is 10.3. The van der Waals surface area contributed by atoms with Crippen LogP contribution in [-0.2, 0) is 0 Å². The van der Waals surface area contributed by atoms with Crippen molar-refractivity contribution in [3.63, 3.8) is 0 Å². The molecule has 1 atom stereocenters. The molecule has 1 aliphatic heterocycles. The molecule has 2 N–H and O–H groups in total. The molecule has 3 nitrogen and oxygen atoms in total. The maximum Gasteiger partial charge on any atom is 0.123 e. The van der Waals surface area contributed by atoms with E-state index in [1.165, 1.54) is 12.1 Å². The maximum absolute atomic E-state index is 13.2. The fourth-order valence-corrected chi connectivity index (χ4v) is 2.89. The van der Waals surface area contributed by atoms with Crippen LogP contribution in [0, 0.1) is 5.82 Å². The molecule has 4 heteroatoms. The third-order valence-corrected chi connectivity index (χ3v) is 3.93. The Morgan fingerprint density at radius 1 is 1.00 bits per heavy atom. The number of phenols is 1. The van der Waals surface area contributed by atoms with Gasteiger partial charge in [-0.05, 0) is 23.8 Å². The van der Waals surface area contributed by atoms with Gasteiger partial charge in [-0.15, -0.1) is 0 Å². The number of hydrogen-bond acceptors (Lipinski definition) is 3. The first-order valence-corrected chi connectivity index (χ1v) is 7.24. The van der Waals surface area contributed by atoms with Crippen LogP contribution in [0.2, 0.25) is 0 Å². The van der Waals surface area contributed by atoms with Crippen LogP contribution in [0.1, 0.15) is 17.2 Å². The Bertz CT molecular complexity index is 594. The minimum absolute atomic E-state index is 0.0473. The lowest BCUT2D eigenvalue weighted by molar-refractivity contribution is 0.196. The topological polar surface area (TPSA) is 35.5 Å². The van der Waals surface area contributed by atoms with Crippen molar-refractivity contribution in [2.75, 3.05) is 26.2 Å². The van der Waals surface area contributed by atoms with Gasteiger partial charge < -0.3 is 10.4 Å². The highest BCUT2D eigenvalue weighted by atomic mass is 19.1. The Morgan fingerprint density at radius 2 is 1.67 bits per heavy atom. The van der Waals surface area contributed by atoms with Gasteiger partial charge in [0.1, 0.15) is 11.6 Å². The third kappa shape index (κ3) is 3.06. The monoisotopic (exact) mass is 286 g/mol. The number of aromatic hydroxyl groups is 1. The Morgan fingerprint density at radius 3 is 2.33 bits per heavy atom. The van der Waals surface area contributed by atoms with Crippen LogP contribution in [0.3, 0.4) is 0 Å². The molecule has 0 aromatic heterocycles. The number of phenolic OH excluding ortho intramolecular Hbond substituents is 1. The van der Waals surface area contributed by atoms with Gasteiger partial charge in [-0.3, -0.25) is 4.90 Å². The van der Waals surface area contributed by atoms with Gasteiger partial charge in [0.15, 0.2) is 0 Å². The molecule has 1 heterocycles. The molecule has 3 rings (SSSR count). The van der Waals surface area contributed by atoms with Crippen molar-refractivity contribution >= 4 is 0 Å². The molecule has 2 aromatic carbocycles. The second-order valence-corrected chi connectivity index (χ2v) is 5.30. The Kier molecular flexibility index (Phi) is 4.18. The molecule has 0 spiro atoms. The van der Waals surface area contributed by atoms with Gasteiger partial charge in [-0.1, -0.05) is 30.3 Å². The summed E-state index contributed by atoms with van der Waals surface area (Å²) in [6, 6.07) is 13.9. The number of rotatable bonds is 3. The van der Waals surface area contributed by atoms with Crippen molar-refractivity contribution in [2.45, 2.75) is 6.04 Å². The molecule has 1 fully saturated rings. The highest BCUT2D eigenvalue weighted by Gasteiger charge is 2.25. The summed E-state index contributed by atoms with van der Waals surface area (Å²) < 4.78 is 13.2. The van der Waals surface area contributed by atoms with Crippen LogP contribution >= 0.6 is 0 Å². The summed E-state index contributed by atoms with van der Waals surface area (Å²) in [4.78, 5) is 2.32. The van der Waals surface area contributed by atoms with Crippen molar-refractivity contribution in [3.8, 4) is 5.75 Å². The molecule has 1 aliphatic rings. The molecule has 0 saturated carbocycles. The lowest BCUT2D eigenvalue weighted by Gasteiger charge is -2.35. The van der Waals surface area contributed by atoms with Crippen LogP contribution in [0.4, 0.5) is 4.39 Å². The smallest absolute Gasteiger partial charge is 0.123 e. The number of hydrogen-bond donors (Lipinski definition) is 2. The molecule has 2 aromatic rings. The molecule has 0 amide bonds. The molecule has 0 bridgehead atoms. The normalized spacial score (nSPS) is 17.6. The zero-order valence-electron chi connectivity index (χ0n) is 11.8. The summed E-state index contributed by atoms with van der Waals surface area (Å²) in [6.07, 6.45) is 0. The second kappa shape index (κ2) is 6.24. The molecule has 21 heavy (non-hydrogen) atoms. The molecule has 1 unspecified atom stereocenters. The highest BCUT2D eigenvalue weighted by Crippen LogP contribution is 2.34. The minimum atomic E-state index is -0.241. The third-order valence-electron chi connectivity index (χ3n) is 3.93. The predicted octanol–water partition coefficient (Wildman–Crippen LogP) is 2.53. The van der Waals surface area contributed by atoms with Gasteiger partial charge in [0.2, 0.25) is 0 Å². The van der Waals surface area contributed by atoms with Gasteiger partial charge in [-0.25, -0.2) is 4.39 Å². The van der Waals surface area contributed by atoms with E-state index in [9.17, 15) is 9.50 Å². The van der Waals surface area contributed by atoms with Crippen LogP contribution in [-0.4, -0.2) is 36.2 Å². The van der Waals surface area contributed by atoms with E-state index in [2.05, 4.69) is 10.2 Å². The van der Waals surface area contributed by atoms with Gasteiger partial charge in [-0.2, -0.15) is 0 Å². The summed E-state index contributed by atoms with van der Waals surface area (Å²) in [7, 11) is 0. The largest absolute Gasteiger partial charge is 0.508 e. The van der Waals surface area contributed by atoms with E-state index in [-0.39, 0.29) is 17.6 Å². The van der Waals surface area contributed by atoms with Crippen molar-refractivity contribution < 1.29 is 9.50 Å². The van der Waals surface area contributed by atoms with Gasteiger partial charge >= 0.3 is 0 Å². The van der Waals surface area contributed by atoms with Crippen molar-refractivity contribution in [3.05, 3.63) is 65.5 Å². The molecule has 110 valence electrons. The summed E-state index contributed by atoms with van der Waals surface area (Å²) in [6.45, 7) is 3.64. The summed E-state index contributed by atoms with van der Waals surface area (Å²) in [5.41, 5.74) is 1.87. The first-order valence-electron chi connectivity index (χ1n) is 7.24. The van der Waals surface area contributed by atoms with E-state index in [1.54, 1.807) is 18.2 Å².